The van der Waals surface area contributed by atoms with Crippen LogP contribution in [0.15, 0.2) is 18.2 Å². The molecule has 0 bridgehead atoms. The minimum Gasteiger partial charge on any atom is -0.388 e. The highest BCUT2D eigenvalue weighted by Crippen LogP contribution is 2.29. The molecule has 1 rings (SSSR count). The van der Waals surface area contributed by atoms with Gasteiger partial charge in [0.2, 0.25) is 0 Å². The lowest BCUT2D eigenvalue weighted by atomic mass is 10.0. The molecule has 2 unspecified atom stereocenters. The molecule has 0 fully saturated rings. The molecule has 0 saturated heterocycles. The third kappa shape index (κ3) is 5.28. The molecule has 108 valence electrons. The topological polar surface area (TPSA) is 35.5 Å². The van der Waals surface area contributed by atoms with Crippen molar-refractivity contribution in [3.63, 3.8) is 0 Å². The van der Waals surface area contributed by atoms with Crippen LogP contribution in [0.1, 0.15) is 25.5 Å². The summed E-state index contributed by atoms with van der Waals surface area (Å²) in [4.78, 5) is 1.96. The van der Waals surface area contributed by atoms with E-state index >= 15 is 0 Å². The van der Waals surface area contributed by atoms with Crippen molar-refractivity contribution in [3.05, 3.63) is 33.8 Å². The van der Waals surface area contributed by atoms with E-state index in [4.69, 9.17) is 23.2 Å². The lowest BCUT2D eigenvalue weighted by molar-refractivity contribution is 0.0317. The van der Waals surface area contributed by atoms with E-state index in [0.717, 1.165) is 5.56 Å². The number of benzene rings is 1. The zero-order valence-electron chi connectivity index (χ0n) is 11.9. The quantitative estimate of drug-likeness (QED) is 0.848. The molecule has 3 nitrogen and oxygen atoms in total. The maximum Gasteiger partial charge on any atom is 0.0869 e. The fourth-order valence-electron chi connectivity index (χ4n) is 2.07. The summed E-state index contributed by atoms with van der Waals surface area (Å²) in [6.07, 6.45) is 0. The van der Waals surface area contributed by atoms with E-state index in [2.05, 4.69) is 5.32 Å². The summed E-state index contributed by atoms with van der Waals surface area (Å²) in [5.74, 6) is 0. The Morgan fingerprint density at radius 3 is 2.58 bits per heavy atom. The minimum atomic E-state index is -0.789. The fraction of sp³-hybridized carbons (Fsp3) is 0.571. The third-order valence-corrected chi connectivity index (χ3v) is 3.73. The second-order valence-electron chi connectivity index (χ2n) is 5.48. The van der Waals surface area contributed by atoms with Crippen molar-refractivity contribution in [3.8, 4) is 0 Å². The molecule has 0 amide bonds. The predicted molar refractivity (Wildman–Crippen MR) is 82.1 cm³/mol. The van der Waals surface area contributed by atoms with Crippen molar-refractivity contribution < 1.29 is 5.11 Å². The van der Waals surface area contributed by atoms with Crippen LogP contribution >= 0.6 is 23.2 Å². The van der Waals surface area contributed by atoms with E-state index in [1.807, 2.05) is 45.0 Å². The van der Waals surface area contributed by atoms with Gasteiger partial charge in [0.1, 0.15) is 0 Å². The van der Waals surface area contributed by atoms with Crippen LogP contribution in [0.5, 0.6) is 0 Å². The largest absolute Gasteiger partial charge is 0.388 e. The first kappa shape index (κ1) is 16.7. The Morgan fingerprint density at radius 1 is 1.37 bits per heavy atom. The first-order valence-electron chi connectivity index (χ1n) is 6.27. The standard InChI is InChI=1S/C14H22Cl2N2O/c1-10(11-6-5-7-12(15)13(11)16)17-8-14(2,19)9-18(3)4/h5-7,10,17,19H,8-9H2,1-4H3. The van der Waals surface area contributed by atoms with Gasteiger partial charge in [-0.1, -0.05) is 35.3 Å². The minimum absolute atomic E-state index is 0.0276. The van der Waals surface area contributed by atoms with E-state index in [-0.39, 0.29) is 6.04 Å². The van der Waals surface area contributed by atoms with Gasteiger partial charge in [0, 0.05) is 19.1 Å². The van der Waals surface area contributed by atoms with Gasteiger partial charge in [-0.05, 0) is 39.6 Å². The Labute approximate surface area is 125 Å². The van der Waals surface area contributed by atoms with Gasteiger partial charge >= 0.3 is 0 Å². The Kier molecular flexibility index (Phi) is 6.09. The Bertz CT molecular complexity index is 422. The maximum absolute atomic E-state index is 10.2. The van der Waals surface area contributed by atoms with Crippen LogP contribution in [0.2, 0.25) is 10.0 Å². The van der Waals surface area contributed by atoms with Crippen LogP contribution in [-0.4, -0.2) is 42.8 Å². The molecule has 0 aliphatic rings. The van der Waals surface area contributed by atoms with E-state index < -0.39 is 5.60 Å². The highest BCUT2D eigenvalue weighted by Gasteiger charge is 2.22. The van der Waals surface area contributed by atoms with E-state index in [0.29, 0.717) is 23.1 Å². The number of rotatable bonds is 6. The normalized spacial score (nSPS) is 16.4. The van der Waals surface area contributed by atoms with E-state index in [1.54, 1.807) is 6.07 Å². The van der Waals surface area contributed by atoms with Gasteiger partial charge in [-0.15, -0.1) is 0 Å². The molecule has 0 aliphatic heterocycles. The average Bonchev–Trinajstić information content (AvgIpc) is 2.28. The summed E-state index contributed by atoms with van der Waals surface area (Å²) < 4.78 is 0. The molecule has 5 heteroatoms. The van der Waals surface area contributed by atoms with Crippen molar-refractivity contribution in [1.29, 1.82) is 0 Å². The fourth-order valence-corrected chi connectivity index (χ4v) is 2.55. The van der Waals surface area contributed by atoms with Gasteiger partial charge in [0.05, 0.1) is 15.6 Å². The van der Waals surface area contributed by atoms with Crippen molar-refractivity contribution in [2.75, 3.05) is 27.2 Å². The number of halogens is 2. The molecular weight excluding hydrogens is 283 g/mol. The first-order valence-corrected chi connectivity index (χ1v) is 7.03. The maximum atomic E-state index is 10.2. The van der Waals surface area contributed by atoms with Crippen molar-refractivity contribution in [1.82, 2.24) is 10.2 Å². The number of aliphatic hydroxyl groups is 1. The van der Waals surface area contributed by atoms with Crippen molar-refractivity contribution >= 4 is 23.2 Å². The number of hydrogen-bond acceptors (Lipinski definition) is 3. The molecule has 2 atom stereocenters. The number of nitrogens with zero attached hydrogens (tertiary/aromatic N) is 1. The molecule has 0 aliphatic carbocycles. The number of nitrogens with one attached hydrogen (secondary N) is 1. The van der Waals surface area contributed by atoms with Crippen LogP contribution in [-0.2, 0) is 0 Å². The van der Waals surface area contributed by atoms with Gasteiger partial charge in [-0.3, -0.25) is 0 Å². The van der Waals surface area contributed by atoms with Crippen molar-refractivity contribution in [2.24, 2.45) is 0 Å². The van der Waals surface area contributed by atoms with Gasteiger partial charge < -0.3 is 15.3 Å². The van der Waals surface area contributed by atoms with Gasteiger partial charge in [-0.25, -0.2) is 0 Å². The Morgan fingerprint density at radius 2 is 2.00 bits per heavy atom. The number of hydrogen-bond donors (Lipinski definition) is 2. The molecule has 0 aromatic heterocycles. The molecule has 0 radical (unpaired) electrons. The van der Waals surface area contributed by atoms with E-state index in [1.165, 1.54) is 0 Å². The molecule has 1 aromatic carbocycles. The van der Waals surface area contributed by atoms with Crippen LogP contribution in [0.3, 0.4) is 0 Å². The van der Waals surface area contributed by atoms with Gasteiger partial charge in [0.15, 0.2) is 0 Å². The first-order chi connectivity index (χ1) is 8.73. The summed E-state index contributed by atoms with van der Waals surface area (Å²) >= 11 is 12.2. The summed E-state index contributed by atoms with van der Waals surface area (Å²) in [6.45, 7) is 4.89. The molecule has 0 spiro atoms. The zero-order valence-corrected chi connectivity index (χ0v) is 13.4. The summed E-state index contributed by atoms with van der Waals surface area (Å²) in [6, 6.07) is 5.61. The van der Waals surface area contributed by atoms with Crippen LogP contribution in [0, 0.1) is 0 Å². The molecule has 2 N–H and O–H groups in total. The number of likely N-dealkylation sites (N-methyl/N-ethyl adjacent to an activating group) is 1. The summed E-state index contributed by atoms with van der Waals surface area (Å²) in [7, 11) is 3.87. The monoisotopic (exact) mass is 304 g/mol. The van der Waals surface area contributed by atoms with Gasteiger partial charge in [-0.2, -0.15) is 0 Å². The van der Waals surface area contributed by atoms with Crippen LogP contribution < -0.4 is 5.32 Å². The second kappa shape index (κ2) is 6.91. The molecule has 0 saturated carbocycles. The lowest BCUT2D eigenvalue weighted by Gasteiger charge is -2.29. The Hall–Kier alpha value is -0.320. The smallest absolute Gasteiger partial charge is 0.0869 e. The second-order valence-corrected chi connectivity index (χ2v) is 6.27. The molecular formula is C14H22Cl2N2O. The van der Waals surface area contributed by atoms with Crippen LogP contribution in [0.4, 0.5) is 0 Å². The summed E-state index contributed by atoms with van der Waals surface area (Å²) in [5, 5.41) is 14.6. The average molecular weight is 305 g/mol. The van der Waals surface area contributed by atoms with Crippen molar-refractivity contribution in [2.45, 2.75) is 25.5 Å². The highest BCUT2D eigenvalue weighted by molar-refractivity contribution is 6.42. The third-order valence-electron chi connectivity index (χ3n) is 2.89. The molecule has 1 aromatic rings. The molecule has 0 heterocycles. The molecule has 19 heavy (non-hydrogen) atoms. The SMILES string of the molecule is CC(NCC(C)(O)CN(C)C)c1cccc(Cl)c1Cl. The van der Waals surface area contributed by atoms with Gasteiger partial charge in [0.25, 0.3) is 0 Å². The van der Waals surface area contributed by atoms with E-state index in [9.17, 15) is 5.11 Å². The van der Waals surface area contributed by atoms with Crippen LogP contribution in [0.25, 0.3) is 0 Å². The highest BCUT2D eigenvalue weighted by atomic mass is 35.5. The Balaban J connectivity index is 2.65. The lowest BCUT2D eigenvalue weighted by Crippen LogP contribution is -2.46. The zero-order chi connectivity index (χ0) is 14.6. The summed E-state index contributed by atoms with van der Waals surface area (Å²) in [5.41, 5.74) is 0.151. The predicted octanol–water partition coefficient (Wildman–Crippen LogP) is 2.96.